The third kappa shape index (κ3) is 3.33. The topological polar surface area (TPSA) is 51.5 Å². The van der Waals surface area contributed by atoms with Crippen LogP contribution in [0.1, 0.15) is 20.8 Å². The van der Waals surface area contributed by atoms with Crippen LogP contribution in [0.2, 0.25) is 0 Å². The summed E-state index contributed by atoms with van der Waals surface area (Å²) in [6, 6.07) is 16.3. The van der Waals surface area contributed by atoms with Crippen LogP contribution in [0, 0.1) is 5.92 Å². The van der Waals surface area contributed by atoms with Crippen LogP contribution in [-0.4, -0.2) is 27.5 Å². The van der Waals surface area contributed by atoms with Crippen LogP contribution < -0.4 is 10.1 Å². The Bertz CT molecular complexity index is 1070. The number of anilines is 1. The van der Waals surface area contributed by atoms with E-state index in [0.717, 1.165) is 46.1 Å². The number of para-hydroxylation sites is 2. The van der Waals surface area contributed by atoms with Gasteiger partial charge in [0.2, 0.25) is 0 Å². The molecule has 5 nitrogen and oxygen atoms in total. The number of nitrogens with zero attached hydrogens (tertiary/aromatic N) is 3. The summed E-state index contributed by atoms with van der Waals surface area (Å²) < 4.78 is 7.75. The monoisotopic (exact) mass is 360 g/mol. The Morgan fingerprint density at radius 1 is 1.07 bits per heavy atom. The molecule has 1 N–H and O–H groups in total. The molecule has 0 unspecified atom stereocenters. The molecule has 0 bridgehead atoms. The normalized spacial score (nSPS) is 11.4. The molecule has 0 aliphatic carbocycles. The summed E-state index contributed by atoms with van der Waals surface area (Å²) in [5, 5.41) is 3.46. The van der Waals surface area contributed by atoms with Crippen molar-refractivity contribution in [3.05, 3.63) is 54.7 Å². The second-order valence-electron chi connectivity index (χ2n) is 6.98. The third-order valence-corrected chi connectivity index (χ3v) is 4.47. The number of benzene rings is 2. The largest absolute Gasteiger partial charge is 0.494 e. The number of aromatic nitrogens is 3. The Kier molecular flexibility index (Phi) is 4.67. The van der Waals surface area contributed by atoms with Gasteiger partial charge in [0.25, 0.3) is 0 Å². The fourth-order valence-electron chi connectivity index (χ4n) is 3.19. The van der Waals surface area contributed by atoms with Crippen molar-refractivity contribution in [3.63, 3.8) is 0 Å². The summed E-state index contributed by atoms with van der Waals surface area (Å²) in [4.78, 5) is 9.49. The van der Waals surface area contributed by atoms with E-state index in [1.54, 1.807) is 0 Å². The van der Waals surface area contributed by atoms with Gasteiger partial charge in [0, 0.05) is 12.1 Å². The lowest BCUT2D eigenvalue weighted by atomic mass is 10.1. The molecule has 0 fully saturated rings. The first-order valence-corrected chi connectivity index (χ1v) is 9.40. The van der Waals surface area contributed by atoms with Gasteiger partial charge < -0.3 is 10.1 Å². The molecular weight excluding hydrogens is 336 g/mol. The number of hydrogen-bond donors (Lipinski definition) is 1. The Morgan fingerprint density at radius 3 is 2.59 bits per heavy atom. The van der Waals surface area contributed by atoms with Gasteiger partial charge in [-0.25, -0.2) is 9.97 Å². The molecule has 0 amide bonds. The fraction of sp³-hybridized carbons (Fsp3) is 0.273. The lowest BCUT2D eigenvalue weighted by molar-refractivity contribution is 0.340. The second kappa shape index (κ2) is 7.27. The maximum Gasteiger partial charge on any atom is 0.181 e. The molecule has 5 heteroatoms. The molecule has 0 saturated heterocycles. The predicted molar refractivity (Wildman–Crippen MR) is 110 cm³/mol. The average Bonchev–Trinajstić information content (AvgIpc) is 3.12. The van der Waals surface area contributed by atoms with Gasteiger partial charge in [-0.15, -0.1) is 0 Å². The van der Waals surface area contributed by atoms with Crippen molar-refractivity contribution >= 4 is 22.5 Å². The summed E-state index contributed by atoms with van der Waals surface area (Å²) in [6.07, 6.45) is 1.92. The van der Waals surface area contributed by atoms with Gasteiger partial charge in [-0.1, -0.05) is 26.0 Å². The summed E-state index contributed by atoms with van der Waals surface area (Å²) >= 11 is 0. The van der Waals surface area contributed by atoms with E-state index in [-0.39, 0.29) is 0 Å². The third-order valence-electron chi connectivity index (χ3n) is 4.47. The number of nitrogens with one attached hydrogen (secondary N) is 1. The minimum atomic E-state index is 0.527. The Morgan fingerprint density at radius 2 is 1.85 bits per heavy atom. The lowest BCUT2D eigenvalue weighted by Gasteiger charge is -2.13. The zero-order valence-electron chi connectivity index (χ0n) is 15.9. The molecule has 0 saturated carbocycles. The molecule has 4 rings (SSSR count). The second-order valence-corrected chi connectivity index (χ2v) is 6.98. The molecule has 27 heavy (non-hydrogen) atoms. The van der Waals surface area contributed by atoms with Crippen LogP contribution in [0.25, 0.3) is 27.9 Å². The van der Waals surface area contributed by atoms with Gasteiger partial charge in [0.05, 0.1) is 29.5 Å². The van der Waals surface area contributed by atoms with E-state index in [9.17, 15) is 0 Å². The van der Waals surface area contributed by atoms with E-state index in [1.807, 2.05) is 43.5 Å². The zero-order valence-corrected chi connectivity index (χ0v) is 15.9. The van der Waals surface area contributed by atoms with E-state index in [0.29, 0.717) is 12.5 Å². The Labute approximate surface area is 159 Å². The molecule has 4 aromatic rings. The van der Waals surface area contributed by atoms with Gasteiger partial charge in [0.1, 0.15) is 5.75 Å². The van der Waals surface area contributed by atoms with Crippen LogP contribution in [0.3, 0.4) is 0 Å². The number of hydrogen-bond acceptors (Lipinski definition) is 4. The van der Waals surface area contributed by atoms with Crippen molar-refractivity contribution in [2.75, 3.05) is 18.5 Å². The maximum atomic E-state index is 5.57. The van der Waals surface area contributed by atoms with Gasteiger partial charge in [-0.2, -0.15) is 0 Å². The first kappa shape index (κ1) is 17.3. The van der Waals surface area contributed by atoms with Crippen LogP contribution in [0.4, 0.5) is 5.82 Å². The highest BCUT2D eigenvalue weighted by Crippen LogP contribution is 2.29. The van der Waals surface area contributed by atoms with Crippen molar-refractivity contribution in [1.29, 1.82) is 0 Å². The lowest BCUT2D eigenvalue weighted by Crippen LogP contribution is -2.11. The van der Waals surface area contributed by atoms with E-state index in [4.69, 9.17) is 9.72 Å². The van der Waals surface area contributed by atoms with Crippen molar-refractivity contribution in [2.24, 2.45) is 5.92 Å². The van der Waals surface area contributed by atoms with Gasteiger partial charge in [0.15, 0.2) is 11.5 Å². The quantitative estimate of drug-likeness (QED) is 0.525. The molecule has 2 aromatic heterocycles. The molecule has 138 valence electrons. The van der Waals surface area contributed by atoms with Crippen LogP contribution in [0.5, 0.6) is 5.75 Å². The van der Waals surface area contributed by atoms with Crippen LogP contribution >= 0.6 is 0 Å². The number of imidazole rings is 1. The van der Waals surface area contributed by atoms with Crippen molar-refractivity contribution in [1.82, 2.24) is 14.4 Å². The molecule has 0 radical (unpaired) electrons. The highest BCUT2D eigenvalue weighted by atomic mass is 16.5. The molecule has 2 aromatic carbocycles. The van der Waals surface area contributed by atoms with E-state index in [1.165, 1.54) is 0 Å². The first-order chi connectivity index (χ1) is 13.2. The first-order valence-electron chi connectivity index (χ1n) is 9.40. The van der Waals surface area contributed by atoms with Crippen molar-refractivity contribution in [2.45, 2.75) is 20.8 Å². The molecule has 2 heterocycles. The van der Waals surface area contributed by atoms with Crippen molar-refractivity contribution in [3.8, 4) is 17.0 Å². The standard InChI is InChI=1S/C22H24N4O/c1-4-27-17-11-9-16(10-12-17)20-14-24-22-21(23-13-15(2)3)25-18-7-5-6-8-19(18)26(20)22/h5-12,14-15H,4,13H2,1-3H3,(H,23,25). The Hall–Kier alpha value is -3.08. The van der Waals surface area contributed by atoms with Crippen LogP contribution in [0.15, 0.2) is 54.7 Å². The number of rotatable bonds is 6. The molecule has 0 aliphatic rings. The fourth-order valence-corrected chi connectivity index (χ4v) is 3.19. The molecular formula is C22H24N4O. The minimum absolute atomic E-state index is 0.527. The van der Waals surface area contributed by atoms with Gasteiger partial charge in [-0.3, -0.25) is 4.40 Å². The highest BCUT2D eigenvalue weighted by molar-refractivity contribution is 5.86. The zero-order chi connectivity index (χ0) is 18.8. The smallest absolute Gasteiger partial charge is 0.181 e. The molecule has 0 aliphatic heterocycles. The number of fused-ring (bicyclic) bond motifs is 3. The van der Waals surface area contributed by atoms with E-state index in [2.05, 4.69) is 46.7 Å². The van der Waals surface area contributed by atoms with Crippen molar-refractivity contribution < 1.29 is 4.74 Å². The van der Waals surface area contributed by atoms with E-state index < -0.39 is 0 Å². The summed E-state index contributed by atoms with van der Waals surface area (Å²) in [7, 11) is 0. The predicted octanol–water partition coefficient (Wildman–Crippen LogP) is 5.02. The molecule has 0 atom stereocenters. The Balaban J connectivity index is 1.89. The summed E-state index contributed by atoms with van der Waals surface area (Å²) in [5.74, 6) is 2.22. The minimum Gasteiger partial charge on any atom is -0.494 e. The maximum absolute atomic E-state index is 5.57. The highest BCUT2D eigenvalue weighted by Gasteiger charge is 2.14. The van der Waals surface area contributed by atoms with Crippen LogP contribution in [-0.2, 0) is 0 Å². The SMILES string of the molecule is CCOc1ccc(-c2cnc3c(NCC(C)C)nc4ccccc4n23)cc1. The van der Waals surface area contributed by atoms with Gasteiger partial charge >= 0.3 is 0 Å². The van der Waals surface area contributed by atoms with Gasteiger partial charge in [-0.05, 0) is 49.2 Å². The number of ether oxygens (including phenoxy) is 1. The summed E-state index contributed by atoms with van der Waals surface area (Å²) in [5.41, 5.74) is 4.97. The summed E-state index contributed by atoms with van der Waals surface area (Å²) in [6.45, 7) is 7.87. The average molecular weight is 360 g/mol. The molecule has 0 spiro atoms. The van der Waals surface area contributed by atoms with E-state index >= 15 is 0 Å².